The Morgan fingerprint density at radius 3 is 2.85 bits per heavy atom. The van der Waals surface area contributed by atoms with Gasteiger partial charge in [-0.05, 0) is 44.1 Å². The van der Waals surface area contributed by atoms with Gasteiger partial charge in [0.1, 0.15) is 12.1 Å². The van der Waals surface area contributed by atoms with Gasteiger partial charge in [0.25, 0.3) is 0 Å². The lowest BCUT2D eigenvalue weighted by atomic mass is 10.2. The zero-order valence-electron chi connectivity index (χ0n) is 11.9. The van der Waals surface area contributed by atoms with Crippen molar-refractivity contribution in [2.75, 3.05) is 43.9 Å². The molecule has 0 radical (unpaired) electrons. The summed E-state index contributed by atoms with van der Waals surface area (Å²) in [6.45, 7) is 4.52. The highest BCUT2D eigenvalue weighted by Crippen LogP contribution is 2.24. The molecule has 5 heteroatoms. The third-order valence-electron chi connectivity index (χ3n) is 3.95. The second-order valence-electron chi connectivity index (χ2n) is 5.44. The molecule has 1 aliphatic rings. The summed E-state index contributed by atoms with van der Waals surface area (Å²) in [6, 6.07) is 5.78. The van der Waals surface area contributed by atoms with Gasteiger partial charge < -0.3 is 15.5 Å². The second-order valence-corrected chi connectivity index (χ2v) is 5.44. The number of likely N-dealkylation sites (N-methyl/N-ethyl adjacent to an activating group) is 1. The molecule has 1 fully saturated rings. The van der Waals surface area contributed by atoms with Gasteiger partial charge in [0, 0.05) is 31.2 Å². The summed E-state index contributed by atoms with van der Waals surface area (Å²) in [7, 11) is 2.08. The maximum atomic E-state index is 5.88. The predicted molar refractivity (Wildman–Crippen MR) is 82.9 cm³/mol. The molecule has 5 nitrogen and oxygen atoms in total. The number of hydrogen-bond donors (Lipinski definition) is 1. The molecule has 1 aliphatic heterocycles. The van der Waals surface area contributed by atoms with Gasteiger partial charge in [0.05, 0.1) is 5.52 Å². The molecule has 0 unspecified atom stereocenters. The Balaban J connectivity index is 1.79. The van der Waals surface area contributed by atoms with Crippen molar-refractivity contribution in [3.63, 3.8) is 0 Å². The van der Waals surface area contributed by atoms with Crippen molar-refractivity contribution in [3.8, 4) is 0 Å². The second kappa shape index (κ2) is 5.63. The standard InChI is InChI=1S/C15H21N5/c1-19(8-9-20-6-2-3-7-20)15-13-10-12(16)4-5-14(13)17-11-18-15/h4-5,10-11H,2-3,6-9,16H2,1H3. The van der Waals surface area contributed by atoms with Gasteiger partial charge in [0.2, 0.25) is 0 Å². The Morgan fingerprint density at radius 2 is 2.05 bits per heavy atom. The summed E-state index contributed by atoms with van der Waals surface area (Å²) >= 11 is 0. The fourth-order valence-electron chi connectivity index (χ4n) is 2.77. The summed E-state index contributed by atoms with van der Waals surface area (Å²) in [5.41, 5.74) is 7.58. The Morgan fingerprint density at radius 1 is 1.25 bits per heavy atom. The third-order valence-corrected chi connectivity index (χ3v) is 3.95. The summed E-state index contributed by atoms with van der Waals surface area (Å²) in [5.74, 6) is 0.960. The van der Waals surface area contributed by atoms with Gasteiger partial charge in [0.15, 0.2) is 0 Å². The van der Waals surface area contributed by atoms with Crippen molar-refractivity contribution in [1.29, 1.82) is 0 Å². The maximum Gasteiger partial charge on any atom is 0.139 e. The topological polar surface area (TPSA) is 58.3 Å². The Bertz CT molecular complexity index is 592. The molecule has 0 atom stereocenters. The number of nitrogens with zero attached hydrogens (tertiary/aromatic N) is 4. The average Bonchev–Trinajstić information content (AvgIpc) is 2.97. The van der Waals surface area contributed by atoms with Crippen molar-refractivity contribution in [3.05, 3.63) is 24.5 Å². The first-order chi connectivity index (χ1) is 9.74. The first kappa shape index (κ1) is 13.1. The molecule has 0 spiro atoms. The van der Waals surface area contributed by atoms with E-state index in [1.807, 2.05) is 18.2 Å². The number of hydrogen-bond acceptors (Lipinski definition) is 5. The van der Waals surface area contributed by atoms with Crippen LogP contribution in [0.2, 0.25) is 0 Å². The third kappa shape index (κ3) is 2.67. The van der Waals surface area contributed by atoms with Crippen LogP contribution in [0.25, 0.3) is 10.9 Å². The highest BCUT2D eigenvalue weighted by Gasteiger charge is 2.14. The van der Waals surface area contributed by atoms with E-state index < -0.39 is 0 Å². The lowest BCUT2D eigenvalue weighted by Gasteiger charge is -2.23. The Labute approximate surface area is 119 Å². The maximum absolute atomic E-state index is 5.88. The lowest BCUT2D eigenvalue weighted by molar-refractivity contribution is 0.346. The molecule has 1 aromatic carbocycles. The van der Waals surface area contributed by atoms with E-state index in [-0.39, 0.29) is 0 Å². The smallest absolute Gasteiger partial charge is 0.139 e. The van der Waals surface area contributed by atoms with E-state index >= 15 is 0 Å². The van der Waals surface area contributed by atoms with Gasteiger partial charge >= 0.3 is 0 Å². The van der Waals surface area contributed by atoms with E-state index in [1.165, 1.54) is 25.9 Å². The van der Waals surface area contributed by atoms with Gasteiger partial charge in [-0.1, -0.05) is 0 Å². The van der Waals surface area contributed by atoms with Crippen molar-refractivity contribution < 1.29 is 0 Å². The van der Waals surface area contributed by atoms with Crippen molar-refractivity contribution >= 4 is 22.4 Å². The molecule has 3 rings (SSSR count). The minimum atomic E-state index is 0.751. The molecular weight excluding hydrogens is 250 g/mol. The summed E-state index contributed by atoms with van der Waals surface area (Å²) in [4.78, 5) is 13.4. The van der Waals surface area contributed by atoms with Crippen LogP contribution in [0.15, 0.2) is 24.5 Å². The van der Waals surface area contributed by atoms with Gasteiger partial charge in [-0.3, -0.25) is 0 Å². The first-order valence-electron chi connectivity index (χ1n) is 7.18. The largest absolute Gasteiger partial charge is 0.399 e. The first-order valence-corrected chi connectivity index (χ1v) is 7.18. The summed E-state index contributed by atoms with van der Waals surface area (Å²) < 4.78 is 0. The average molecular weight is 271 g/mol. The lowest BCUT2D eigenvalue weighted by Crippen LogP contribution is -2.31. The van der Waals surface area contributed by atoms with E-state index in [1.54, 1.807) is 6.33 Å². The van der Waals surface area contributed by atoms with Crippen LogP contribution in [0.1, 0.15) is 12.8 Å². The van der Waals surface area contributed by atoms with Crippen LogP contribution in [-0.2, 0) is 0 Å². The summed E-state index contributed by atoms with van der Waals surface area (Å²) in [5, 5.41) is 1.02. The Kier molecular flexibility index (Phi) is 3.69. The van der Waals surface area contributed by atoms with Gasteiger partial charge in [-0.15, -0.1) is 0 Å². The summed E-state index contributed by atoms with van der Waals surface area (Å²) in [6.07, 6.45) is 4.29. The number of fused-ring (bicyclic) bond motifs is 1. The molecule has 2 aromatic rings. The molecule has 0 aliphatic carbocycles. The van der Waals surface area contributed by atoms with Crippen LogP contribution in [-0.4, -0.2) is 48.1 Å². The molecule has 20 heavy (non-hydrogen) atoms. The number of aromatic nitrogens is 2. The quantitative estimate of drug-likeness (QED) is 0.858. The number of nitrogens with two attached hydrogens (primary N) is 1. The van der Waals surface area contributed by atoms with E-state index in [9.17, 15) is 0 Å². The number of rotatable bonds is 4. The minimum Gasteiger partial charge on any atom is -0.399 e. The van der Waals surface area contributed by atoms with E-state index in [0.717, 1.165) is 35.5 Å². The zero-order chi connectivity index (χ0) is 13.9. The van der Waals surface area contributed by atoms with Crippen LogP contribution in [0.4, 0.5) is 11.5 Å². The van der Waals surface area contributed by atoms with Crippen molar-refractivity contribution in [2.45, 2.75) is 12.8 Å². The molecular formula is C15H21N5. The SMILES string of the molecule is CN(CCN1CCCC1)c1ncnc2ccc(N)cc12. The number of nitrogen functional groups attached to an aromatic ring is 1. The van der Waals surface area contributed by atoms with Gasteiger partial charge in [-0.2, -0.15) is 0 Å². The molecule has 0 bridgehead atoms. The van der Waals surface area contributed by atoms with Crippen LogP contribution < -0.4 is 10.6 Å². The van der Waals surface area contributed by atoms with E-state index in [2.05, 4.69) is 26.8 Å². The molecule has 2 heterocycles. The molecule has 106 valence electrons. The number of anilines is 2. The Hall–Kier alpha value is -1.88. The van der Waals surface area contributed by atoms with Crippen LogP contribution in [0, 0.1) is 0 Å². The van der Waals surface area contributed by atoms with Crippen LogP contribution in [0.3, 0.4) is 0 Å². The molecule has 0 amide bonds. The fraction of sp³-hybridized carbons (Fsp3) is 0.467. The monoisotopic (exact) mass is 271 g/mol. The zero-order valence-corrected chi connectivity index (χ0v) is 11.9. The van der Waals surface area contributed by atoms with Crippen LogP contribution >= 0.6 is 0 Å². The van der Waals surface area contributed by atoms with Crippen molar-refractivity contribution in [1.82, 2.24) is 14.9 Å². The molecule has 2 N–H and O–H groups in total. The molecule has 1 aromatic heterocycles. The van der Waals surface area contributed by atoms with E-state index in [4.69, 9.17) is 5.73 Å². The normalized spacial score (nSPS) is 15.8. The minimum absolute atomic E-state index is 0.751. The molecule has 1 saturated heterocycles. The molecule has 0 saturated carbocycles. The number of benzene rings is 1. The number of likely N-dealkylation sites (tertiary alicyclic amines) is 1. The van der Waals surface area contributed by atoms with E-state index in [0.29, 0.717) is 0 Å². The predicted octanol–water partition coefficient (Wildman–Crippen LogP) is 1.74. The van der Waals surface area contributed by atoms with Crippen molar-refractivity contribution in [2.24, 2.45) is 0 Å². The fourth-order valence-corrected chi connectivity index (χ4v) is 2.77. The van der Waals surface area contributed by atoms with Crippen LogP contribution in [0.5, 0.6) is 0 Å². The highest BCUT2D eigenvalue weighted by molar-refractivity contribution is 5.91. The van der Waals surface area contributed by atoms with Gasteiger partial charge in [-0.25, -0.2) is 9.97 Å². The highest BCUT2D eigenvalue weighted by atomic mass is 15.2.